The lowest BCUT2D eigenvalue weighted by molar-refractivity contribution is -0.128. The van der Waals surface area contributed by atoms with Gasteiger partial charge in [-0.2, -0.15) is 0 Å². The van der Waals surface area contributed by atoms with Gasteiger partial charge in [0.25, 0.3) is 0 Å². The molecule has 1 atom stereocenters. The first kappa shape index (κ1) is 14.1. The van der Waals surface area contributed by atoms with E-state index in [0.717, 1.165) is 18.5 Å². The summed E-state index contributed by atoms with van der Waals surface area (Å²) in [7, 11) is 0. The quantitative estimate of drug-likeness (QED) is 0.760. The minimum absolute atomic E-state index is 0.0996. The van der Waals surface area contributed by atoms with Crippen LogP contribution >= 0.6 is 11.3 Å². The summed E-state index contributed by atoms with van der Waals surface area (Å²) in [5, 5.41) is 2.12. The number of hydrogen-bond acceptors (Lipinski definition) is 2. The van der Waals surface area contributed by atoms with E-state index < -0.39 is 0 Å². The van der Waals surface area contributed by atoms with E-state index in [2.05, 4.69) is 31.4 Å². The molecule has 0 aliphatic carbocycles. The molecule has 3 heteroatoms. The molecule has 0 saturated carbocycles. The van der Waals surface area contributed by atoms with Crippen LogP contribution in [0.15, 0.2) is 41.8 Å². The van der Waals surface area contributed by atoms with Crippen LogP contribution in [0.4, 0.5) is 0 Å². The van der Waals surface area contributed by atoms with E-state index in [-0.39, 0.29) is 11.9 Å². The zero-order chi connectivity index (χ0) is 14.8. The summed E-state index contributed by atoms with van der Waals surface area (Å²) in [6.07, 6.45) is 4.60. The van der Waals surface area contributed by atoms with Crippen molar-refractivity contribution in [3.8, 4) is 0 Å². The molecule has 0 unspecified atom stereocenters. The van der Waals surface area contributed by atoms with Crippen LogP contribution in [0.5, 0.6) is 0 Å². The highest BCUT2D eigenvalue weighted by molar-refractivity contribution is 7.10. The number of nitrogens with zero attached hydrogens (tertiary/aromatic N) is 1. The third kappa shape index (κ3) is 2.79. The summed E-state index contributed by atoms with van der Waals surface area (Å²) in [4.78, 5) is 15.9. The van der Waals surface area contributed by atoms with Crippen molar-refractivity contribution < 1.29 is 4.79 Å². The number of fused-ring (bicyclic) bond motifs is 1. The van der Waals surface area contributed by atoms with E-state index in [1.54, 1.807) is 17.4 Å². The van der Waals surface area contributed by atoms with Gasteiger partial charge in [0.1, 0.15) is 0 Å². The summed E-state index contributed by atoms with van der Waals surface area (Å²) in [5.74, 6) is 0.0996. The fourth-order valence-electron chi connectivity index (χ4n) is 2.84. The molecule has 21 heavy (non-hydrogen) atoms. The Kier molecular flexibility index (Phi) is 3.93. The zero-order valence-corrected chi connectivity index (χ0v) is 13.2. The van der Waals surface area contributed by atoms with Crippen molar-refractivity contribution in [2.75, 3.05) is 6.54 Å². The largest absolute Gasteiger partial charge is 0.332 e. The van der Waals surface area contributed by atoms with Crippen LogP contribution in [0, 0.1) is 6.92 Å². The highest BCUT2D eigenvalue weighted by Gasteiger charge is 2.26. The second-order valence-electron chi connectivity index (χ2n) is 5.45. The molecule has 0 spiro atoms. The molecular formula is C18H19NOS. The number of hydrogen-bond donors (Lipinski definition) is 0. The first-order valence-electron chi connectivity index (χ1n) is 7.27. The fourth-order valence-corrected chi connectivity index (χ4v) is 3.80. The van der Waals surface area contributed by atoms with E-state index in [0.29, 0.717) is 0 Å². The Labute approximate surface area is 129 Å². The van der Waals surface area contributed by atoms with Crippen molar-refractivity contribution >= 4 is 23.3 Å². The average Bonchev–Trinajstić information content (AvgIpc) is 2.96. The number of carbonyl (C=O) groups is 1. The van der Waals surface area contributed by atoms with Gasteiger partial charge >= 0.3 is 0 Å². The monoisotopic (exact) mass is 297 g/mol. The number of rotatable bonds is 2. The number of aryl methyl sites for hydroxylation is 1. The minimum atomic E-state index is 0.0996. The number of thiophene rings is 1. The van der Waals surface area contributed by atoms with Crippen molar-refractivity contribution in [2.45, 2.75) is 26.3 Å². The third-order valence-corrected chi connectivity index (χ3v) is 5.15. The molecule has 3 rings (SSSR count). The SMILES string of the molecule is Cc1ccccc1/C=C/C(=O)N1CCc2sccc2[C@H]1C. The summed E-state index contributed by atoms with van der Waals surface area (Å²) in [6, 6.07) is 10.4. The molecule has 2 nitrogen and oxygen atoms in total. The smallest absolute Gasteiger partial charge is 0.247 e. The summed E-state index contributed by atoms with van der Waals surface area (Å²) >= 11 is 1.80. The third-order valence-electron chi connectivity index (χ3n) is 4.15. The molecule has 0 saturated heterocycles. The van der Waals surface area contributed by atoms with E-state index in [4.69, 9.17) is 0 Å². The second kappa shape index (κ2) is 5.86. The Morgan fingerprint density at radius 3 is 2.95 bits per heavy atom. The highest BCUT2D eigenvalue weighted by Crippen LogP contribution is 2.32. The van der Waals surface area contributed by atoms with Crippen molar-refractivity contribution in [3.05, 3.63) is 63.4 Å². The molecule has 1 aromatic heterocycles. The Morgan fingerprint density at radius 2 is 2.14 bits per heavy atom. The van der Waals surface area contributed by atoms with Crippen LogP contribution in [-0.4, -0.2) is 17.4 Å². The van der Waals surface area contributed by atoms with E-state index in [9.17, 15) is 4.79 Å². The minimum Gasteiger partial charge on any atom is -0.332 e. The van der Waals surface area contributed by atoms with Gasteiger partial charge in [-0.15, -0.1) is 11.3 Å². The number of carbonyl (C=O) groups excluding carboxylic acids is 1. The van der Waals surface area contributed by atoms with Gasteiger partial charge in [-0.25, -0.2) is 0 Å². The van der Waals surface area contributed by atoms with Crippen LogP contribution in [-0.2, 0) is 11.2 Å². The average molecular weight is 297 g/mol. The molecular weight excluding hydrogens is 278 g/mol. The maximum atomic E-state index is 12.5. The van der Waals surface area contributed by atoms with Gasteiger partial charge in [0.2, 0.25) is 5.91 Å². The molecule has 1 aliphatic rings. The summed E-state index contributed by atoms with van der Waals surface area (Å²) in [5.41, 5.74) is 3.60. The van der Waals surface area contributed by atoms with Gasteiger partial charge in [-0.1, -0.05) is 24.3 Å². The van der Waals surface area contributed by atoms with Gasteiger partial charge in [0, 0.05) is 17.5 Å². The maximum absolute atomic E-state index is 12.5. The second-order valence-corrected chi connectivity index (χ2v) is 6.45. The van der Waals surface area contributed by atoms with Gasteiger partial charge in [-0.3, -0.25) is 4.79 Å². The van der Waals surface area contributed by atoms with E-state index >= 15 is 0 Å². The van der Waals surface area contributed by atoms with E-state index in [1.165, 1.54) is 16.0 Å². The first-order valence-corrected chi connectivity index (χ1v) is 8.15. The van der Waals surface area contributed by atoms with Crippen molar-refractivity contribution in [2.24, 2.45) is 0 Å². The molecule has 2 aromatic rings. The standard InChI is InChI=1S/C18H19NOS/c1-13-5-3-4-6-15(13)7-8-18(20)19-11-9-17-16(14(19)2)10-12-21-17/h3-8,10,12,14H,9,11H2,1-2H3/b8-7+/t14-/m1/s1. The number of benzene rings is 1. The molecule has 0 fully saturated rings. The van der Waals surface area contributed by atoms with Crippen LogP contribution in [0.1, 0.15) is 34.5 Å². The molecule has 1 aromatic carbocycles. The maximum Gasteiger partial charge on any atom is 0.247 e. The Bertz CT molecular complexity index is 686. The van der Waals surface area contributed by atoms with Crippen LogP contribution in [0.3, 0.4) is 0 Å². The van der Waals surface area contributed by atoms with Crippen LogP contribution in [0.25, 0.3) is 6.08 Å². The molecule has 2 heterocycles. The van der Waals surface area contributed by atoms with Crippen molar-refractivity contribution in [3.63, 3.8) is 0 Å². The van der Waals surface area contributed by atoms with Gasteiger partial charge < -0.3 is 4.90 Å². The lowest BCUT2D eigenvalue weighted by Crippen LogP contribution is -2.37. The molecule has 0 bridgehead atoms. The lowest BCUT2D eigenvalue weighted by atomic mass is 10.0. The lowest BCUT2D eigenvalue weighted by Gasteiger charge is -2.32. The fraction of sp³-hybridized carbons (Fsp3) is 0.278. The predicted molar refractivity (Wildman–Crippen MR) is 88.4 cm³/mol. The summed E-state index contributed by atoms with van der Waals surface area (Å²) in [6.45, 7) is 4.99. The molecule has 1 amide bonds. The van der Waals surface area contributed by atoms with E-state index in [1.807, 2.05) is 29.2 Å². The normalized spacial score (nSPS) is 18.0. The highest BCUT2D eigenvalue weighted by atomic mass is 32.1. The molecule has 1 aliphatic heterocycles. The Balaban J connectivity index is 1.76. The molecule has 0 radical (unpaired) electrons. The molecule has 0 N–H and O–H groups in total. The predicted octanol–water partition coefficient (Wildman–Crippen LogP) is 4.22. The van der Waals surface area contributed by atoms with Gasteiger partial charge in [0.05, 0.1) is 6.04 Å². The zero-order valence-electron chi connectivity index (χ0n) is 12.4. The summed E-state index contributed by atoms with van der Waals surface area (Å²) < 4.78 is 0. The van der Waals surface area contributed by atoms with Crippen LogP contribution in [0.2, 0.25) is 0 Å². The Hall–Kier alpha value is -1.87. The van der Waals surface area contributed by atoms with Gasteiger partial charge in [0.15, 0.2) is 0 Å². The van der Waals surface area contributed by atoms with Crippen LogP contribution < -0.4 is 0 Å². The Morgan fingerprint density at radius 1 is 1.33 bits per heavy atom. The number of amides is 1. The molecule has 108 valence electrons. The first-order chi connectivity index (χ1) is 10.2. The van der Waals surface area contributed by atoms with Crippen molar-refractivity contribution in [1.82, 2.24) is 4.90 Å². The van der Waals surface area contributed by atoms with Crippen molar-refractivity contribution in [1.29, 1.82) is 0 Å². The van der Waals surface area contributed by atoms with Gasteiger partial charge in [-0.05, 0) is 54.5 Å². The topological polar surface area (TPSA) is 20.3 Å².